The lowest BCUT2D eigenvalue weighted by molar-refractivity contribution is 0.315. The van der Waals surface area contributed by atoms with E-state index in [9.17, 15) is 0 Å². The third kappa shape index (κ3) is 2.35. The summed E-state index contributed by atoms with van der Waals surface area (Å²) in [5.41, 5.74) is 12.1. The maximum absolute atomic E-state index is 6.25. The minimum Gasteiger partial charge on any atom is -0.396 e. The molecule has 5 heterocycles. The number of anilines is 1. The number of aromatic nitrogens is 7. The van der Waals surface area contributed by atoms with Gasteiger partial charge in [-0.1, -0.05) is 0 Å². The zero-order valence-electron chi connectivity index (χ0n) is 14.8. The van der Waals surface area contributed by atoms with Gasteiger partial charge >= 0.3 is 0 Å². The second-order valence-electron chi connectivity index (χ2n) is 6.45. The fourth-order valence-corrected chi connectivity index (χ4v) is 3.36. The zero-order chi connectivity index (χ0) is 18.5. The standard InChI is InChI=1S/C18H16N8O/c1-10-12(15(19)16-17(21-10)24-27-23-16)9-26-7-5-14(22-26)13-8-25(2)18-11(13)4-3-6-20-18/h3-8H,9,19H2,1-2H3. The maximum atomic E-state index is 6.25. The van der Waals surface area contributed by atoms with Crippen molar-refractivity contribution in [2.24, 2.45) is 7.05 Å². The van der Waals surface area contributed by atoms with Crippen LogP contribution in [0.15, 0.2) is 41.4 Å². The van der Waals surface area contributed by atoms with Crippen LogP contribution in [0.3, 0.4) is 0 Å². The van der Waals surface area contributed by atoms with E-state index in [0.717, 1.165) is 33.5 Å². The molecule has 5 aromatic heterocycles. The molecule has 0 aromatic carbocycles. The first kappa shape index (κ1) is 15.5. The molecule has 2 N–H and O–H groups in total. The Morgan fingerprint density at radius 1 is 1.22 bits per heavy atom. The molecule has 9 nitrogen and oxygen atoms in total. The summed E-state index contributed by atoms with van der Waals surface area (Å²) >= 11 is 0. The van der Waals surface area contributed by atoms with Gasteiger partial charge in [0.25, 0.3) is 0 Å². The molecule has 5 rings (SSSR count). The Morgan fingerprint density at radius 3 is 3.00 bits per heavy atom. The van der Waals surface area contributed by atoms with E-state index in [1.165, 1.54) is 0 Å². The minimum absolute atomic E-state index is 0.415. The van der Waals surface area contributed by atoms with Crippen molar-refractivity contribution in [2.45, 2.75) is 13.5 Å². The number of aryl methyl sites for hydroxylation is 2. The highest BCUT2D eigenvalue weighted by atomic mass is 16.6. The van der Waals surface area contributed by atoms with Gasteiger partial charge in [0.05, 0.1) is 17.9 Å². The largest absolute Gasteiger partial charge is 0.396 e. The highest BCUT2D eigenvalue weighted by Gasteiger charge is 2.16. The first-order chi connectivity index (χ1) is 13.1. The normalized spacial score (nSPS) is 11.6. The Kier molecular flexibility index (Phi) is 3.23. The van der Waals surface area contributed by atoms with Crippen molar-refractivity contribution in [2.75, 3.05) is 5.73 Å². The Morgan fingerprint density at radius 2 is 2.11 bits per heavy atom. The number of rotatable bonds is 3. The molecule has 0 spiro atoms. The van der Waals surface area contributed by atoms with Gasteiger partial charge in [-0.15, -0.1) is 0 Å². The summed E-state index contributed by atoms with van der Waals surface area (Å²) in [5, 5.41) is 13.4. The number of hydrogen-bond donors (Lipinski definition) is 1. The Bertz CT molecular complexity index is 1300. The van der Waals surface area contributed by atoms with Crippen LogP contribution in [0.2, 0.25) is 0 Å². The molecule has 0 bridgehead atoms. The van der Waals surface area contributed by atoms with E-state index in [1.54, 1.807) is 6.20 Å². The monoisotopic (exact) mass is 360 g/mol. The van der Waals surface area contributed by atoms with Gasteiger partial charge in [0.2, 0.25) is 5.65 Å². The van der Waals surface area contributed by atoms with E-state index in [0.29, 0.717) is 23.4 Å². The molecule has 0 saturated carbocycles. The third-order valence-electron chi connectivity index (χ3n) is 4.73. The lowest BCUT2D eigenvalue weighted by atomic mass is 10.1. The molecular formula is C18H16N8O. The van der Waals surface area contributed by atoms with E-state index in [1.807, 2.05) is 53.8 Å². The van der Waals surface area contributed by atoms with Gasteiger partial charge in [0.1, 0.15) is 5.65 Å². The van der Waals surface area contributed by atoms with Crippen LogP contribution in [0.25, 0.3) is 33.5 Å². The zero-order valence-corrected chi connectivity index (χ0v) is 14.8. The van der Waals surface area contributed by atoms with Gasteiger partial charge < -0.3 is 10.3 Å². The van der Waals surface area contributed by atoms with E-state index in [-0.39, 0.29) is 0 Å². The molecule has 0 aliphatic rings. The van der Waals surface area contributed by atoms with Crippen molar-refractivity contribution in [3.05, 3.63) is 48.0 Å². The molecular weight excluding hydrogens is 344 g/mol. The molecule has 0 aliphatic heterocycles. The molecule has 27 heavy (non-hydrogen) atoms. The number of nitrogen functional groups attached to an aromatic ring is 1. The number of fused-ring (bicyclic) bond motifs is 2. The number of nitrogens with two attached hydrogens (primary N) is 1. The maximum Gasteiger partial charge on any atom is 0.226 e. The summed E-state index contributed by atoms with van der Waals surface area (Å²) in [6.07, 6.45) is 5.76. The van der Waals surface area contributed by atoms with E-state index >= 15 is 0 Å². The quantitative estimate of drug-likeness (QED) is 0.525. The summed E-state index contributed by atoms with van der Waals surface area (Å²) in [7, 11) is 1.98. The summed E-state index contributed by atoms with van der Waals surface area (Å²) in [6.45, 7) is 2.37. The van der Waals surface area contributed by atoms with Crippen molar-refractivity contribution in [3.8, 4) is 11.3 Å². The van der Waals surface area contributed by atoms with Crippen LogP contribution in [0.5, 0.6) is 0 Å². The molecule has 0 radical (unpaired) electrons. The summed E-state index contributed by atoms with van der Waals surface area (Å²) < 4.78 is 8.58. The SMILES string of the molecule is Cc1nc2nonc2c(N)c1Cn1ccc(-c2cn(C)c3ncccc23)n1. The highest BCUT2D eigenvalue weighted by molar-refractivity contribution is 5.92. The van der Waals surface area contributed by atoms with Crippen molar-refractivity contribution < 1.29 is 4.63 Å². The van der Waals surface area contributed by atoms with Crippen molar-refractivity contribution >= 4 is 27.9 Å². The molecule has 134 valence electrons. The van der Waals surface area contributed by atoms with Crippen LogP contribution < -0.4 is 5.73 Å². The average molecular weight is 360 g/mol. The summed E-state index contributed by atoms with van der Waals surface area (Å²) in [5.74, 6) is 0. The smallest absolute Gasteiger partial charge is 0.226 e. The lowest BCUT2D eigenvalue weighted by Gasteiger charge is -2.08. The van der Waals surface area contributed by atoms with Gasteiger partial charge in [-0.2, -0.15) is 5.10 Å². The number of hydrogen-bond acceptors (Lipinski definition) is 7. The molecule has 0 saturated heterocycles. The van der Waals surface area contributed by atoms with Crippen LogP contribution in [0.4, 0.5) is 5.69 Å². The molecule has 0 atom stereocenters. The van der Waals surface area contributed by atoms with E-state index in [2.05, 4.69) is 20.3 Å². The van der Waals surface area contributed by atoms with E-state index in [4.69, 9.17) is 15.5 Å². The van der Waals surface area contributed by atoms with Crippen LogP contribution >= 0.6 is 0 Å². The Hall–Kier alpha value is -3.75. The minimum atomic E-state index is 0.415. The fourth-order valence-electron chi connectivity index (χ4n) is 3.36. The predicted octanol–water partition coefficient (Wildman–Crippen LogP) is 2.31. The van der Waals surface area contributed by atoms with Gasteiger partial charge in [0.15, 0.2) is 5.52 Å². The average Bonchev–Trinajstić information content (AvgIpc) is 3.38. The topological polar surface area (TPSA) is 113 Å². The fraction of sp³-hybridized carbons (Fsp3) is 0.167. The van der Waals surface area contributed by atoms with Crippen LogP contribution in [0.1, 0.15) is 11.3 Å². The predicted molar refractivity (Wildman–Crippen MR) is 99.8 cm³/mol. The second-order valence-corrected chi connectivity index (χ2v) is 6.45. The van der Waals surface area contributed by atoms with Crippen molar-refractivity contribution in [3.63, 3.8) is 0 Å². The number of pyridine rings is 2. The molecule has 0 fully saturated rings. The molecule has 9 heteroatoms. The van der Waals surface area contributed by atoms with E-state index < -0.39 is 0 Å². The molecule has 0 aliphatic carbocycles. The van der Waals surface area contributed by atoms with Gasteiger partial charge in [-0.3, -0.25) is 4.68 Å². The Labute approximate surface area is 153 Å². The third-order valence-corrected chi connectivity index (χ3v) is 4.73. The summed E-state index contributed by atoms with van der Waals surface area (Å²) in [4.78, 5) is 8.83. The second kappa shape index (κ2) is 5.63. The molecule has 0 unspecified atom stereocenters. The lowest BCUT2D eigenvalue weighted by Crippen LogP contribution is -2.08. The van der Waals surface area contributed by atoms with Gasteiger partial charge in [0, 0.05) is 47.8 Å². The van der Waals surface area contributed by atoms with Crippen molar-refractivity contribution in [1.29, 1.82) is 0 Å². The first-order valence-electron chi connectivity index (χ1n) is 8.43. The van der Waals surface area contributed by atoms with Crippen LogP contribution in [-0.2, 0) is 13.6 Å². The van der Waals surface area contributed by atoms with Crippen LogP contribution in [-0.4, -0.2) is 34.6 Å². The molecule has 0 amide bonds. The summed E-state index contributed by atoms with van der Waals surface area (Å²) in [6, 6.07) is 5.96. The van der Waals surface area contributed by atoms with Crippen molar-refractivity contribution in [1.82, 2.24) is 34.6 Å². The van der Waals surface area contributed by atoms with Gasteiger partial charge in [-0.05, 0) is 35.4 Å². The highest BCUT2D eigenvalue weighted by Crippen LogP contribution is 2.28. The van der Waals surface area contributed by atoms with Crippen LogP contribution in [0, 0.1) is 6.92 Å². The number of nitrogens with zero attached hydrogens (tertiary/aromatic N) is 7. The van der Waals surface area contributed by atoms with Gasteiger partial charge in [-0.25, -0.2) is 14.6 Å². The molecule has 5 aromatic rings. The first-order valence-corrected chi connectivity index (χ1v) is 8.43. The Balaban J connectivity index is 1.55.